The van der Waals surface area contributed by atoms with E-state index in [1.165, 1.54) is 18.2 Å². The molecule has 1 aliphatic carbocycles. The van der Waals surface area contributed by atoms with E-state index in [0.717, 1.165) is 12.8 Å². The van der Waals surface area contributed by atoms with Crippen molar-refractivity contribution in [2.75, 3.05) is 5.32 Å². The fraction of sp³-hybridized carbons (Fsp3) is 0.200. The lowest BCUT2D eigenvalue weighted by molar-refractivity contribution is 0.0949. The third kappa shape index (κ3) is 3.43. The first-order chi connectivity index (χ1) is 10.5. The standard InChI is InChI=1S/C15H12Cl2N2O3/c16-11-4-3-9(7-10(11)14(20)18-8-1-2-8)19-15(21)12-5-6-13(17)22-12/h3-8H,1-2H2,(H,18,20)(H,19,21). The molecule has 0 unspecified atom stereocenters. The van der Waals surface area contributed by atoms with Crippen LogP contribution in [-0.2, 0) is 0 Å². The molecule has 1 aliphatic rings. The summed E-state index contributed by atoms with van der Waals surface area (Å²) in [5.41, 5.74) is 0.770. The van der Waals surface area contributed by atoms with Crippen LogP contribution in [0.5, 0.6) is 0 Å². The SMILES string of the molecule is O=C(Nc1ccc(Cl)c(C(=O)NC2CC2)c1)c1ccc(Cl)o1. The Kier molecular flexibility index (Phi) is 4.09. The zero-order chi connectivity index (χ0) is 15.7. The molecular weight excluding hydrogens is 327 g/mol. The number of halogens is 2. The van der Waals surface area contributed by atoms with E-state index in [1.807, 2.05) is 0 Å². The number of anilines is 1. The molecule has 0 saturated heterocycles. The van der Waals surface area contributed by atoms with Crippen molar-refractivity contribution in [2.45, 2.75) is 18.9 Å². The normalized spacial score (nSPS) is 13.7. The number of rotatable bonds is 4. The fourth-order valence-corrected chi connectivity index (χ4v) is 2.25. The molecule has 3 rings (SSSR count). The maximum Gasteiger partial charge on any atom is 0.291 e. The van der Waals surface area contributed by atoms with Crippen LogP contribution in [0.3, 0.4) is 0 Å². The summed E-state index contributed by atoms with van der Waals surface area (Å²) >= 11 is 11.7. The number of hydrogen-bond donors (Lipinski definition) is 2. The highest BCUT2D eigenvalue weighted by molar-refractivity contribution is 6.34. The minimum Gasteiger partial charge on any atom is -0.440 e. The first-order valence-electron chi connectivity index (χ1n) is 6.70. The van der Waals surface area contributed by atoms with Gasteiger partial charge in [0.15, 0.2) is 11.0 Å². The largest absolute Gasteiger partial charge is 0.440 e. The van der Waals surface area contributed by atoms with Crippen molar-refractivity contribution >= 4 is 40.7 Å². The molecule has 22 heavy (non-hydrogen) atoms. The molecule has 1 saturated carbocycles. The summed E-state index contributed by atoms with van der Waals surface area (Å²) in [5.74, 6) is -0.614. The minimum atomic E-state index is -0.456. The van der Waals surface area contributed by atoms with Gasteiger partial charge in [-0.05, 0) is 54.8 Å². The Balaban J connectivity index is 1.76. The van der Waals surface area contributed by atoms with Crippen LogP contribution in [0.4, 0.5) is 5.69 Å². The van der Waals surface area contributed by atoms with Gasteiger partial charge in [-0.25, -0.2) is 0 Å². The number of hydrogen-bond acceptors (Lipinski definition) is 3. The second-order valence-corrected chi connectivity index (χ2v) is 5.78. The zero-order valence-electron chi connectivity index (χ0n) is 11.4. The molecule has 2 aromatic rings. The predicted octanol–water partition coefficient (Wildman–Crippen LogP) is 3.73. The van der Waals surface area contributed by atoms with Gasteiger partial charge in [0.2, 0.25) is 0 Å². The molecule has 7 heteroatoms. The molecule has 1 aromatic heterocycles. The first-order valence-corrected chi connectivity index (χ1v) is 7.45. The second kappa shape index (κ2) is 6.02. The first kappa shape index (κ1) is 14.9. The third-order valence-corrected chi connectivity index (χ3v) is 3.71. The molecule has 1 heterocycles. The molecule has 1 aromatic carbocycles. The molecule has 0 aliphatic heterocycles. The molecule has 2 amide bonds. The fourth-order valence-electron chi connectivity index (χ4n) is 1.90. The van der Waals surface area contributed by atoms with Crippen molar-refractivity contribution in [3.63, 3.8) is 0 Å². The molecular formula is C15H12Cl2N2O3. The van der Waals surface area contributed by atoms with E-state index >= 15 is 0 Å². The highest BCUT2D eigenvalue weighted by Crippen LogP contribution is 2.24. The van der Waals surface area contributed by atoms with Crippen molar-refractivity contribution < 1.29 is 14.0 Å². The van der Waals surface area contributed by atoms with E-state index in [4.69, 9.17) is 27.6 Å². The number of carbonyl (C=O) groups is 2. The summed E-state index contributed by atoms with van der Waals surface area (Å²) in [5, 5.41) is 5.95. The number of carbonyl (C=O) groups excluding carboxylic acids is 2. The topological polar surface area (TPSA) is 71.3 Å². The van der Waals surface area contributed by atoms with Crippen molar-refractivity contribution in [3.05, 3.63) is 51.9 Å². The quantitative estimate of drug-likeness (QED) is 0.892. The summed E-state index contributed by atoms with van der Waals surface area (Å²) < 4.78 is 5.03. The minimum absolute atomic E-state index is 0.0870. The number of benzene rings is 1. The molecule has 2 N–H and O–H groups in total. The van der Waals surface area contributed by atoms with Crippen LogP contribution in [0, 0.1) is 0 Å². The van der Waals surface area contributed by atoms with Gasteiger partial charge in [-0.15, -0.1) is 0 Å². The van der Waals surface area contributed by atoms with Gasteiger partial charge in [-0.2, -0.15) is 0 Å². The van der Waals surface area contributed by atoms with Gasteiger partial charge in [0, 0.05) is 11.7 Å². The number of amides is 2. The van der Waals surface area contributed by atoms with E-state index in [1.54, 1.807) is 12.1 Å². The Hall–Kier alpha value is -1.98. The highest BCUT2D eigenvalue weighted by atomic mass is 35.5. The Bertz CT molecular complexity index is 738. The van der Waals surface area contributed by atoms with Crippen molar-refractivity contribution in [1.29, 1.82) is 0 Å². The Morgan fingerprint density at radius 1 is 1.09 bits per heavy atom. The van der Waals surface area contributed by atoms with Gasteiger partial charge in [-0.1, -0.05) is 11.6 Å². The van der Waals surface area contributed by atoms with Gasteiger partial charge in [0.05, 0.1) is 10.6 Å². The zero-order valence-corrected chi connectivity index (χ0v) is 12.9. The van der Waals surface area contributed by atoms with Crippen LogP contribution < -0.4 is 10.6 Å². The van der Waals surface area contributed by atoms with Gasteiger partial charge < -0.3 is 15.1 Å². The lowest BCUT2D eigenvalue weighted by atomic mass is 10.2. The van der Waals surface area contributed by atoms with Crippen molar-refractivity contribution in [2.24, 2.45) is 0 Å². The lowest BCUT2D eigenvalue weighted by Crippen LogP contribution is -2.25. The van der Waals surface area contributed by atoms with E-state index in [0.29, 0.717) is 16.3 Å². The molecule has 0 bridgehead atoms. The van der Waals surface area contributed by atoms with Crippen LogP contribution in [0.15, 0.2) is 34.7 Å². The van der Waals surface area contributed by atoms with Crippen molar-refractivity contribution in [1.82, 2.24) is 5.32 Å². The summed E-state index contributed by atoms with van der Waals surface area (Å²) in [6.45, 7) is 0. The Morgan fingerprint density at radius 3 is 2.50 bits per heavy atom. The smallest absolute Gasteiger partial charge is 0.291 e. The van der Waals surface area contributed by atoms with Gasteiger partial charge in [-0.3, -0.25) is 9.59 Å². The average Bonchev–Trinajstić information content (AvgIpc) is 3.18. The maximum absolute atomic E-state index is 12.1. The molecule has 0 spiro atoms. The van der Waals surface area contributed by atoms with E-state index in [-0.39, 0.29) is 22.9 Å². The lowest BCUT2D eigenvalue weighted by Gasteiger charge is -2.09. The predicted molar refractivity (Wildman–Crippen MR) is 83.6 cm³/mol. The van der Waals surface area contributed by atoms with Gasteiger partial charge in [0.1, 0.15) is 0 Å². The molecule has 1 fully saturated rings. The van der Waals surface area contributed by atoms with E-state index in [2.05, 4.69) is 10.6 Å². The highest BCUT2D eigenvalue weighted by Gasteiger charge is 2.25. The molecule has 0 radical (unpaired) electrons. The number of nitrogens with one attached hydrogen (secondary N) is 2. The van der Waals surface area contributed by atoms with Crippen LogP contribution in [-0.4, -0.2) is 17.9 Å². The summed E-state index contributed by atoms with van der Waals surface area (Å²) in [7, 11) is 0. The van der Waals surface area contributed by atoms with Crippen LogP contribution in [0.1, 0.15) is 33.8 Å². The van der Waals surface area contributed by atoms with Crippen molar-refractivity contribution in [3.8, 4) is 0 Å². The Morgan fingerprint density at radius 2 is 1.86 bits per heavy atom. The summed E-state index contributed by atoms with van der Waals surface area (Å²) in [6.07, 6.45) is 1.97. The molecule has 5 nitrogen and oxygen atoms in total. The number of furan rings is 1. The van der Waals surface area contributed by atoms with Crippen LogP contribution in [0.2, 0.25) is 10.2 Å². The van der Waals surface area contributed by atoms with Gasteiger partial charge in [0.25, 0.3) is 11.8 Å². The van der Waals surface area contributed by atoms with Crippen LogP contribution >= 0.6 is 23.2 Å². The van der Waals surface area contributed by atoms with E-state index < -0.39 is 5.91 Å². The second-order valence-electron chi connectivity index (χ2n) is 5.00. The molecule has 114 valence electrons. The third-order valence-electron chi connectivity index (χ3n) is 3.18. The monoisotopic (exact) mass is 338 g/mol. The summed E-state index contributed by atoms with van der Waals surface area (Å²) in [6, 6.07) is 7.88. The van der Waals surface area contributed by atoms with Crippen LogP contribution in [0.25, 0.3) is 0 Å². The average molecular weight is 339 g/mol. The summed E-state index contributed by atoms with van der Waals surface area (Å²) in [4.78, 5) is 24.1. The Labute approximate surface area is 136 Å². The van der Waals surface area contributed by atoms with Gasteiger partial charge >= 0.3 is 0 Å². The molecule has 0 atom stereocenters. The van der Waals surface area contributed by atoms with E-state index in [9.17, 15) is 9.59 Å². The maximum atomic E-state index is 12.1.